The van der Waals surface area contributed by atoms with E-state index in [9.17, 15) is 24.3 Å². The Morgan fingerprint density at radius 1 is 1.08 bits per heavy atom. The summed E-state index contributed by atoms with van der Waals surface area (Å²) in [5, 5.41) is 9.86. The van der Waals surface area contributed by atoms with E-state index < -0.39 is 31.5 Å². The molecule has 4 atom stereocenters. The number of fused-ring (bicyclic) bond motifs is 2. The van der Waals surface area contributed by atoms with Gasteiger partial charge in [0.05, 0.1) is 24.8 Å². The number of amides is 3. The van der Waals surface area contributed by atoms with E-state index in [1.807, 2.05) is 68.5 Å². The molecule has 2 fully saturated rings. The van der Waals surface area contributed by atoms with Crippen molar-refractivity contribution in [3.05, 3.63) is 83.0 Å². The second kappa shape index (κ2) is 15.8. The lowest BCUT2D eigenvalue weighted by molar-refractivity contribution is -0.149. The van der Waals surface area contributed by atoms with Crippen molar-refractivity contribution in [3.8, 4) is 0 Å². The van der Waals surface area contributed by atoms with Gasteiger partial charge in [0.15, 0.2) is 13.9 Å². The van der Waals surface area contributed by atoms with E-state index in [-0.39, 0.29) is 37.3 Å². The molecule has 10 heteroatoms. The first-order valence-corrected chi connectivity index (χ1v) is 21.2. The topological polar surface area (TPSA) is 111 Å². The highest BCUT2D eigenvalue weighted by molar-refractivity contribution is 6.71. The van der Waals surface area contributed by atoms with Crippen molar-refractivity contribution in [2.24, 2.45) is 5.92 Å². The van der Waals surface area contributed by atoms with Crippen LogP contribution in [0, 0.1) is 5.92 Å². The van der Waals surface area contributed by atoms with Crippen molar-refractivity contribution in [3.63, 3.8) is 0 Å². The number of hydrogen-bond acceptors (Lipinski definition) is 6. The monoisotopic (exact) mass is 701 g/mol. The number of carbonyl (C=O) groups excluding carboxylic acids is 3. The molecule has 0 radical (unpaired) electrons. The average molecular weight is 702 g/mol. The number of aliphatic hydroxyl groups is 1. The van der Waals surface area contributed by atoms with Crippen molar-refractivity contribution in [2.75, 3.05) is 36.0 Å². The molecule has 3 aliphatic rings. The van der Waals surface area contributed by atoms with Crippen molar-refractivity contribution >= 4 is 37.4 Å². The van der Waals surface area contributed by atoms with Gasteiger partial charge in [0.25, 0.3) is 5.91 Å². The van der Waals surface area contributed by atoms with Crippen molar-refractivity contribution in [1.29, 1.82) is 0 Å². The van der Waals surface area contributed by atoms with Gasteiger partial charge < -0.3 is 29.3 Å². The largest absolute Gasteiger partial charge is 0.432 e. The second-order valence-corrected chi connectivity index (χ2v) is 19.1. The number of ether oxygens (including phenoxy) is 1. The summed E-state index contributed by atoms with van der Waals surface area (Å²) in [7, 11) is -3.03. The number of rotatable bonds is 13. The van der Waals surface area contributed by atoms with Crippen LogP contribution in [0.2, 0.25) is 18.6 Å². The zero-order chi connectivity index (χ0) is 36.2. The zero-order valence-electron chi connectivity index (χ0n) is 30.7. The van der Waals surface area contributed by atoms with E-state index in [2.05, 4.69) is 32.9 Å². The molecule has 0 unspecified atom stereocenters. The standard InChI is InChI=1S/C40H55N3O6Si/c1-28(2)13-12-14-29(3)20-22-43-34-19-18-32(42-21-11-10-17-36(42)45)25-33(34)40(39(43)47)30(4)38(50(5,6)48)35(49-40)26-37(46)41(23-24-44)27-31-15-8-7-9-16-31/h7-9,13,15-16,18-20,25,30,35,38,44,48H,10-12,14,17,21-24,26-27H2,1-6H3/b29-20+/t30-,35+,38-,40+/m1/s1. The van der Waals surface area contributed by atoms with Crippen LogP contribution in [0.3, 0.4) is 0 Å². The average Bonchev–Trinajstić information content (AvgIpc) is 3.49. The lowest BCUT2D eigenvalue weighted by Gasteiger charge is -2.33. The molecular formula is C40H55N3O6Si. The number of aliphatic hydroxyl groups excluding tert-OH is 1. The molecule has 0 aliphatic carbocycles. The summed E-state index contributed by atoms with van der Waals surface area (Å²) in [6.45, 7) is 13.2. The predicted octanol–water partition coefficient (Wildman–Crippen LogP) is 6.45. The first-order chi connectivity index (χ1) is 23.8. The molecule has 2 aromatic carbocycles. The van der Waals surface area contributed by atoms with Crippen molar-refractivity contribution in [2.45, 2.75) is 103 Å². The van der Waals surface area contributed by atoms with Crippen LogP contribution in [-0.2, 0) is 31.3 Å². The van der Waals surface area contributed by atoms with Crippen LogP contribution in [0.4, 0.5) is 11.4 Å². The van der Waals surface area contributed by atoms with E-state index in [4.69, 9.17) is 4.74 Å². The predicted molar refractivity (Wildman–Crippen MR) is 200 cm³/mol. The van der Waals surface area contributed by atoms with Crippen molar-refractivity contribution < 1.29 is 29.0 Å². The maximum Gasteiger partial charge on any atom is 0.264 e. The van der Waals surface area contributed by atoms with E-state index >= 15 is 0 Å². The Bertz CT molecular complexity index is 1610. The Labute approximate surface area is 298 Å². The Morgan fingerprint density at radius 3 is 2.48 bits per heavy atom. The molecule has 270 valence electrons. The zero-order valence-corrected chi connectivity index (χ0v) is 31.7. The highest BCUT2D eigenvalue weighted by atomic mass is 28.4. The minimum absolute atomic E-state index is 0.0309. The van der Waals surface area contributed by atoms with Gasteiger partial charge in [0, 0.05) is 55.3 Å². The number of piperidine rings is 1. The van der Waals surface area contributed by atoms with E-state index in [1.165, 1.54) is 11.1 Å². The minimum atomic E-state index is -3.03. The molecule has 2 aromatic rings. The van der Waals surface area contributed by atoms with Gasteiger partial charge in [-0.25, -0.2) is 0 Å². The smallest absolute Gasteiger partial charge is 0.264 e. The fourth-order valence-corrected chi connectivity index (χ4v) is 10.7. The Balaban J connectivity index is 1.53. The summed E-state index contributed by atoms with van der Waals surface area (Å²) in [6, 6.07) is 15.4. The fourth-order valence-electron chi connectivity index (χ4n) is 8.15. The fraction of sp³-hybridized carbons (Fsp3) is 0.525. The summed E-state index contributed by atoms with van der Waals surface area (Å²) < 4.78 is 6.99. The third kappa shape index (κ3) is 7.83. The number of allylic oxidation sites excluding steroid dienone is 3. The molecule has 0 aromatic heterocycles. The second-order valence-electron chi connectivity index (χ2n) is 15.1. The van der Waals surface area contributed by atoms with Crippen LogP contribution < -0.4 is 9.80 Å². The number of hydrogen-bond donors (Lipinski definition) is 2. The lowest BCUT2D eigenvalue weighted by atomic mass is 9.82. The highest BCUT2D eigenvalue weighted by Gasteiger charge is 2.66. The summed E-state index contributed by atoms with van der Waals surface area (Å²) in [5.74, 6) is -0.788. The maximum absolute atomic E-state index is 14.9. The van der Waals surface area contributed by atoms with Crippen LogP contribution >= 0.6 is 0 Å². The summed E-state index contributed by atoms with van der Waals surface area (Å²) in [4.78, 5) is 58.9. The van der Waals surface area contributed by atoms with Crippen LogP contribution in [0.1, 0.15) is 77.3 Å². The minimum Gasteiger partial charge on any atom is -0.432 e. The summed E-state index contributed by atoms with van der Waals surface area (Å²) >= 11 is 0. The Kier molecular flexibility index (Phi) is 11.9. The molecule has 1 spiro atoms. The molecule has 3 amide bonds. The molecular weight excluding hydrogens is 647 g/mol. The highest BCUT2D eigenvalue weighted by Crippen LogP contribution is 2.60. The first kappa shape index (κ1) is 37.7. The van der Waals surface area contributed by atoms with E-state index in [0.29, 0.717) is 31.6 Å². The SMILES string of the molecule is CC(C)=CCC/C(C)=C/CN1C(=O)[C@@]2(O[C@@H](CC(=O)N(CCO)Cc3ccccc3)[C@H]([Si](C)(C)O)[C@H]2C)c2cc(N3CCCCC3=O)ccc21. The van der Waals surface area contributed by atoms with Gasteiger partial charge >= 0.3 is 0 Å². The van der Waals surface area contributed by atoms with Crippen molar-refractivity contribution in [1.82, 2.24) is 4.90 Å². The van der Waals surface area contributed by atoms with Gasteiger partial charge in [-0.1, -0.05) is 60.6 Å². The molecule has 2 N–H and O–H groups in total. The molecule has 2 saturated heterocycles. The molecule has 3 heterocycles. The van der Waals surface area contributed by atoms with Gasteiger partial charge in [-0.2, -0.15) is 0 Å². The van der Waals surface area contributed by atoms with E-state index in [0.717, 1.165) is 42.6 Å². The summed E-state index contributed by atoms with van der Waals surface area (Å²) in [5.41, 5.74) is 3.70. The first-order valence-electron chi connectivity index (χ1n) is 18.2. The third-order valence-corrected chi connectivity index (χ3v) is 13.1. The number of anilines is 2. The maximum atomic E-state index is 14.9. The number of nitrogens with zero attached hydrogens (tertiary/aromatic N) is 3. The van der Waals surface area contributed by atoms with Crippen LogP contribution in [0.5, 0.6) is 0 Å². The van der Waals surface area contributed by atoms with Gasteiger partial charge in [-0.05, 0) is 83.3 Å². The van der Waals surface area contributed by atoms with Crippen LogP contribution in [-0.4, -0.2) is 73.2 Å². The Morgan fingerprint density at radius 2 is 1.82 bits per heavy atom. The molecule has 0 saturated carbocycles. The molecule has 5 rings (SSSR count). The normalized spacial score (nSPS) is 23.8. The molecule has 50 heavy (non-hydrogen) atoms. The lowest BCUT2D eigenvalue weighted by Crippen LogP contribution is -2.46. The molecule has 9 nitrogen and oxygen atoms in total. The third-order valence-electron chi connectivity index (χ3n) is 10.6. The van der Waals surface area contributed by atoms with Crippen LogP contribution in [0.25, 0.3) is 0 Å². The quantitative estimate of drug-likeness (QED) is 0.184. The van der Waals surface area contributed by atoms with Gasteiger partial charge in [0.2, 0.25) is 11.8 Å². The van der Waals surface area contributed by atoms with Crippen LogP contribution in [0.15, 0.2) is 71.8 Å². The van der Waals surface area contributed by atoms with Gasteiger partial charge in [-0.3, -0.25) is 14.4 Å². The van der Waals surface area contributed by atoms with Gasteiger partial charge in [0.1, 0.15) is 0 Å². The van der Waals surface area contributed by atoms with E-state index in [1.54, 1.807) is 14.7 Å². The molecule has 3 aliphatic heterocycles. The molecule has 0 bridgehead atoms. The number of benzene rings is 2. The van der Waals surface area contributed by atoms with Gasteiger partial charge in [-0.15, -0.1) is 0 Å². The summed E-state index contributed by atoms with van der Waals surface area (Å²) in [6.07, 6.45) is 7.63. The Hall–Kier alpha value is -3.57. The number of carbonyl (C=O) groups is 3.